The second kappa shape index (κ2) is 10.3. The van der Waals surface area contributed by atoms with Crippen LogP contribution in [-0.4, -0.2) is 72.8 Å². The lowest BCUT2D eigenvalue weighted by Gasteiger charge is -2.34. The summed E-state index contributed by atoms with van der Waals surface area (Å²) in [6.07, 6.45) is -0.0187. The second-order valence-corrected chi connectivity index (χ2v) is 11.1. The largest absolute Gasteiger partial charge is 0.416 e. The molecule has 0 unspecified atom stereocenters. The molecule has 2 aromatic carbocycles. The first kappa shape index (κ1) is 26.1. The highest BCUT2D eigenvalue weighted by molar-refractivity contribution is 7.90. The summed E-state index contributed by atoms with van der Waals surface area (Å²) in [6, 6.07) is 11.4. The molecule has 3 aromatic rings. The highest BCUT2D eigenvalue weighted by Gasteiger charge is 2.40. The number of hydrogen-bond donors (Lipinski definition) is 0. The van der Waals surface area contributed by atoms with Gasteiger partial charge in [0, 0.05) is 50.7 Å². The maximum Gasteiger partial charge on any atom is 0.416 e. The number of alkyl halides is 3. The first-order valence-electron chi connectivity index (χ1n) is 12.3. The first-order valence-corrected chi connectivity index (χ1v) is 13.7. The number of benzene rings is 2. The van der Waals surface area contributed by atoms with Crippen molar-refractivity contribution in [3.8, 4) is 11.1 Å². The Kier molecular flexibility index (Phi) is 7.10. The van der Waals surface area contributed by atoms with E-state index < -0.39 is 27.7 Å². The van der Waals surface area contributed by atoms with E-state index in [1.165, 1.54) is 30.6 Å². The fraction of sp³-hybridized carbons (Fsp3) is 0.346. The summed E-state index contributed by atoms with van der Waals surface area (Å²) in [5.41, 5.74) is 0.436. The van der Waals surface area contributed by atoms with Gasteiger partial charge in [-0.1, -0.05) is 24.3 Å². The Balaban J connectivity index is 1.09. The molecule has 0 radical (unpaired) electrons. The quantitative estimate of drug-likeness (QED) is 0.416. The third-order valence-electron chi connectivity index (χ3n) is 6.81. The number of anilines is 1. The van der Waals surface area contributed by atoms with Crippen LogP contribution in [0.4, 0.5) is 19.1 Å². The molecular weight excluding hydrogens is 519 g/mol. The summed E-state index contributed by atoms with van der Waals surface area (Å²) in [4.78, 5) is 25.6. The normalized spacial score (nSPS) is 17.6. The van der Waals surface area contributed by atoms with E-state index >= 15 is 0 Å². The Labute approximate surface area is 218 Å². The van der Waals surface area contributed by atoms with Gasteiger partial charge in [-0.3, -0.25) is 9.69 Å². The maximum absolute atomic E-state index is 13.0. The van der Waals surface area contributed by atoms with Crippen LogP contribution in [0.3, 0.4) is 0 Å². The number of piperazine rings is 1. The fourth-order valence-corrected chi connectivity index (χ4v) is 6.33. The van der Waals surface area contributed by atoms with E-state index in [2.05, 4.69) is 14.9 Å². The van der Waals surface area contributed by atoms with Crippen LogP contribution in [0.2, 0.25) is 0 Å². The molecule has 3 heterocycles. The smallest absolute Gasteiger partial charge is 0.338 e. The zero-order valence-electron chi connectivity index (χ0n) is 20.4. The lowest BCUT2D eigenvalue weighted by molar-refractivity contribution is -0.137. The summed E-state index contributed by atoms with van der Waals surface area (Å²) < 4.78 is 65.3. The molecule has 0 bridgehead atoms. The van der Waals surface area contributed by atoms with Gasteiger partial charge in [-0.05, 0) is 49.2 Å². The molecule has 0 aliphatic carbocycles. The zero-order chi connectivity index (χ0) is 26.9. The fourth-order valence-electron chi connectivity index (χ4n) is 4.72. The van der Waals surface area contributed by atoms with Gasteiger partial charge < -0.3 is 4.90 Å². The molecule has 0 spiro atoms. The Morgan fingerprint density at radius 1 is 0.842 bits per heavy atom. The van der Waals surface area contributed by atoms with Crippen molar-refractivity contribution < 1.29 is 26.4 Å². The Bertz CT molecular complexity index is 1420. The van der Waals surface area contributed by atoms with Crippen LogP contribution in [0.1, 0.15) is 28.8 Å². The maximum atomic E-state index is 13.0. The predicted octanol–water partition coefficient (Wildman–Crippen LogP) is 3.91. The Hall–Kier alpha value is -3.51. The lowest BCUT2D eigenvalue weighted by atomic mass is 10.1. The van der Waals surface area contributed by atoms with Crippen molar-refractivity contribution in [1.29, 1.82) is 0 Å². The molecule has 1 aromatic heterocycles. The van der Waals surface area contributed by atoms with E-state index in [0.29, 0.717) is 36.6 Å². The topological polar surface area (TPSA) is 86.7 Å². The van der Waals surface area contributed by atoms with Gasteiger partial charge in [0.25, 0.3) is 15.9 Å². The van der Waals surface area contributed by atoms with E-state index in [9.17, 15) is 26.4 Å². The summed E-state index contributed by atoms with van der Waals surface area (Å²) in [5.74, 6) is 0.0611. The average Bonchev–Trinajstić information content (AvgIpc) is 3.11. The molecule has 1 saturated heterocycles. The third-order valence-corrected chi connectivity index (χ3v) is 8.65. The van der Waals surface area contributed by atoms with Crippen molar-refractivity contribution in [3.63, 3.8) is 0 Å². The van der Waals surface area contributed by atoms with E-state index in [1.54, 1.807) is 18.2 Å². The molecule has 5 rings (SSSR count). The van der Waals surface area contributed by atoms with Crippen LogP contribution in [-0.2, 0) is 16.2 Å². The third kappa shape index (κ3) is 5.23. The number of sulfonamides is 1. The molecule has 1 amide bonds. The first-order chi connectivity index (χ1) is 18.1. The van der Waals surface area contributed by atoms with Crippen LogP contribution in [0.25, 0.3) is 11.1 Å². The lowest BCUT2D eigenvalue weighted by Crippen LogP contribution is -2.47. The molecule has 0 N–H and O–H groups in total. The SMILES string of the molecule is O=C1c2ccccc2S(=O)(=O)N1CCCCN1CCN(c2ncc(-c3cccc(C(F)(F)F)c3)cn2)CC1. The number of nitrogens with zero attached hydrogens (tertiary/aromatic N) is 5. The number of aromatic nitrogens is 2. The van der Waals surface area contributed by atoms with Crippen molar-refractivity contribution in [1.82, 2.24) is 19.2 Å². The van der Waals surface area contributed by atoms with Crippen molar-refractivity contribution in [2.24, 2.45) is 0 Å². The minimum Gasteiger partial charge on any atom is -0.338 e. The second-order valence-electron chi connectivity index (χ2n) is 9.26. The van der Waals surface area contributed by atoms with Crippen molar-refractivity contribution >= 4 is 21.9 Å². The highest BCUT2D eigenvalue weighted by Crippen LogP contribution is 2.32. The molecule has 0 saturated carbocycles. The van der Waals surface area contributed by atoms with Gasteiger partial charge in [0.2, 0.25) is 5.95 Å². The van der Waals surface area contributed by atoms with Gasteiger partial charge >= 0.3 is 6.18 Å². The van der Waals surface area contributed by atoms with Gasteiger partial charge in [0.15, 0.2) is 0 Å². The molecule has 8 nitrogen and oxygen atoms in total. The minimum absolute atomic E-state index is 0.0752. The number of hydrogen-bond acceptors (Lipinski definition) is 7. The van der Waals surface area contributed by atoms with E-state index in [-0.39, 0.29) is 17.0 Å². The summed E-state index contributed by atoms with van der Waals surface area (Å²) in [5, 5.41) is 0. The monoisotopic (exact) mass is 545 g/mol. The Morgan fingerprint density at radius 2 is 1.53 bits per heavy atom. The zero-order valence-corrected chi connectivity index (χ0v) is 21.2. The number of unbranched alkanes of at least 4 members (excludes halogenated alkanes) is 1. The number of carbonyl (C=O) groups excluding carboxylic acids is 1. The summed E-state index contributed by atoms with van der Waals surface area (Å²) in [7, 11) is -3.77. The number of halogens is 3. The van der Waals surface area contributed by atoms with Gasteiger partial charge in [0.05, 0.1) is 11.1 Å². The molecule has 12 heteroatoms. The molecule has 200 valence electrons. The molecule has 2 aliphatic heterocycles. The summed E-state index contributed by atoms with van der Waals surface area (Å²) >= 11 is 0. The van der Waals surface area contributed by atoms with E-state index in [4.69, 9.17) is 0 Å². The molecule has 2 aliphatic rings. The van der Waals surface area contributed by atoms with Gasteiger partial charge in [0.1, 0.15) is 4.90 Å². The number of fused-ring (bicyclic) bond motifs is 1. The van der Waals surface area contributed by atoms with Crippen LogP contribution < -0.4 is 4.90 Å². The van der Waals surface area contributed by atoms with Gasteiger partial charge in [-0.15, -0.1) is 0 Å². The number of amides is 1. The average molecular weight is 546 g/mol. The molecule has 1 fully saturated rings. The molecular formula is C26H26F3N5O3S. The Morgan fingerprint density at radius 3 is 2.21 bits per heavy atom. The van der Waals surface area contributed by atoms with Crippen LogP contribution in [0.15, 0.2) is 65.8 Å². The van der Waals surface area contributed by atoms with Crippen LogP contribution >= 0.6 is 0 Å². The molecule has 0 atom stereocenters. The van der Waals surface area contributed by atoms with Crippen LogP contribution in [0, 0.1) is 0 Å². The number of rotatable bonds is 7. The predicted molar refractivity (Wildman–Crippen MR) is 135 cm³/mol. The number of carbonyl (C=O) groups is 1. The minimum atomic E-state index is -4.41. The van der Waals surface area contributed by atoms with E-state index in [0.717, 1.165) is 42.5 Å². The standard InChI is InChI=1S/C26H26F3N5O3S/c27-26(28,29)21-7-5-6-19(16-21)20-17-30-25(31-18-20)33-14-12-32(13-15-33)10-3-4-11-34-24(35)22-8-1-2-9-23(22)38(34,36)37/h1-2,5-9,16-18H,3-4,10-15H2. The summed E-state index contributed by atoms with van der Waals surface area (Å²) in [6.45, 7) is 3.85. The van der Waals surface area contributed by atoms with Gasteiger partial charge in [-0.25, -0.2) is 22.7 Å². The van der Waals surface area contributed by atoms with Crippen molar-refractivity contribution in [3.05, 3.63) is 72.1 Å². The van der Waals surface area contributed by atoms with Gasteiger partial charge in [-0.2, -0.15) is 13.2 Å². The van der Waals surface area contributed by atoms with Crippen molar-refractivity contribution in [2.45, 2.75) is 23.9 Å². The highest BCUT2D eigenvalue weighted by atomic mass is 32.2. The van der Waals surface area contributed by atoms with Crippen molar-refractivity contribution in [2.75, 3.05) is 44.2 Å². The van der Waals surface area contributed by atoms with E-state index in [1.807, 2.05) is 4.90 Å². The molecule has 38 heavy (non-hydrogen) atoms. The van der Waals surface area contributed by atoms with Crippen LogP contribution in [0.5, 0.6) is 0 Å².